The third-order valence-electron chi connectivity index (χ3n) is 5.52. The Hall–Kier alpha value is -1.38. The van der Waals surface area contributed by atoms with Gasteiger partial charge in [-0.15, -0.1) is 0 Å². The Labute approximate surface area is 126 Å². The smallest absolute Gasteiger partial charge is 0.0706 e. The highest BCUT2D eigenvalue weighted by molar-refractivity contribution is 5.83. The third kappa shape index (κ3) is 2.27. The van der Waals surface area contributed by atoms with Crippen molar-refractivity contribution in [2.45, 2.75) is 43.7 Å². The van der Waals surface area contributed by atoms with Gasteiger partial charge >= 0.3 is 0 Å². The molecule has 2 heteroatoms. The molecule has 1 aliphatic carbocycles. The van der Waals surface area contributed by atoms with Gasteiger partial charge in [0, 0.05) is 12.0 Å². The van der Waals surface area contributed by atoms with Crippen molar-refractivity contribution in [3.8, 4) is 0 Å². The predicted octanol–water partition coefficient (Wildman–Crippen LogP) is 3.80. The van der Waals surface area contributed by atoms with Gasteiger partial charge in [-0.3, -0.25) is 0 Å². The molecule has 110 valence electrons. The molecule has 1 heterocycles. The fourth-order valence-electron chi connectivity index (χ4n) is 4.37. The molecule has 0 spiro atoms. The molecular formula is C19H23NO. The van der Waals surface area contributed by atoms with Crippen molar-refractivity contribution >= 4 is 10.8 Å². The van der Waals surface area contributed by atoms with E-state index in [0.717, 1.165) is 25.8 Å². The van der Waals surface area contributed by atoms with E-state index in [1.165, 1.54) is 29.2 Å². The largest absolute Gasteiger partial charge is 0.389 e. The van der Waals surface area contributed by atoms with Gasteiger partial charge < -0.3 is 10.4 Å². The van der Waals surface area contributed by atoms with Gasteiger partial charge in [0.15, 0.2) is 0 Å². The van der Waals surface area contributed by atoms with E-state index >= 15 is 0 Å². The molecule has 1 aliphatic heterocycles. The number of rotatable bonds is 1. The van der Waals surface area contributed by atoms with E-state index in [-0.39, 0.29) is 0 Å². The predicted molar refractivity (Wildman–Crippen MR) is 86.2 cm³/mol. The maximum Gasteiger partial charge on any atom is 0.0706 e. The van der Waals surface area contributed by atoms with Crippen LogP contribution >= 0.6 is 0 Å². The van der Waals surface area contributed by atoms with Crippen LogP contribution in [0.5, 0.6) is 0 Å². The Balaban J connectivity index is 1.72. The summed E-state index contributed by atoms with van der Waals surface area (Å²) in [5.74, 6) is 0.362. The maximum atomic E-state index is 11.0. The number of benzene rings is 2. The second-order valence-electron chi connectivity index (χ2n) is 6.74. The van der Waals surface area contributed by atoms with Gasteiger partial charge in [-0.05, 0) is 48.2 Å². The van der Waals surface area contributed by atoms with Crippen molar-refractivity contribution in [1.29, 1.82) is 0 Å². The summed E-state index contributed by atoms with van der Waals surface area (Å²) in [6, 6.07) is 15.6. The lowest BCUT2D eigenvalue weighted by molar-refractivity contribution is -0.0861. The van der Waals surface area contributed by atoms with Gasteiger partial charge in [0.05, 0.1) is 5.60 Å². The molecule has 2 nitrogen and oxygen atoms in total. The van der Waals surface area contributed by atoms with E-state index < -0.39 is 5.60 Å². The first kappa shape index (κ1) is 13.3. The van der Waals surface area contributed by atoms with Gasteiger partial charge in [-0.25, -0.2) is 0 Å². The molecule has 4 rings (SSSR count). The van der Waals surface area contributed by atoms with E-state index in [2.05, 4.69) is 47.8 Å². The van der Waals surface area contributed by atoms with Gasteiger partial charge in [-0.2, -0.15) is 0 Å². The molecule has 3 atom stereocenters. The zero-order valence-corrected chi connectivity index (χ0v) is 12.4. The minimum atomic E-state index is -0.445. The standard InChI is InChI=1S/C19H23NO/c21-19-10-4-3-7-17(19)18(20-12-11-19)16-9-8-14-5-1-2-6-15(14)13-16/h1-2,5-6,8-9,13,17-18,20-21H,3-4,7,10-12H2/t17-,18+,19+/m1/s1. The summed E-state index contributed by atoms with van der Waals surface area (Å²) in [5.41, 5.74) is 0.888. The maximum absolute atomic E-state index is 11.0. The fraction of sp³-hybridized carbons (Fsp3) is 0.474. The van der Waals surface area contributed by atoms with Crippen LogP contribution in [0, 0.1) is 5.92 Å². The number of hydrogen-bond donors (Lipinski definition) is 2. The number of nitrogens with one attached hydrogen (secondary N) is 1. The van der Waals surface area contributed by atoms with Gasteiger partial charge in [0.25, 0.3) is 0 Å². The quantitative estimate of drug-likeness (QED) is 0.833. The molecule has 0 bridgehead atoms. The van der Waals surface area contributed by atoms with Crippen LogP contribution in [-0.2, 0) is 0 Å². The zero-order chi connectivity index (χ0) is 14.3. The van der Waals surface area contributed by atoms with Crippen LogP contribution in [-0.4, -0.2) is 17.3 Å². The Kier molecular flexibility index (Phi) is 3.24. The Morgan fingerprint density at radius 3 is 2.76 bits per heavy atom. The fourth-order valence-corrected chi connectivity index (χ4v) is 4.37. The first-order valence-electron chi connectivity index (χ1n) is 8.21. The number of piperidine rings is 1. The lowest BCUT2D eigenvalue weighted by atomic mass is 9.67. The molecular weight excluding hydrogens is 258 g/mol. The van der Waals surface area contributed by atoms with Crippen molar-refractivity contribution in [3.63, 3.8) is 0 Å². The lowest BCUT2D eigenvalue weighted by Crippen LogP contribution is -2.53. The summed E-state index contributed by atoms with van der Waals surface area (Å²) in [6.45, 7) is 0.921. The molecule has 0 unspecified atom stereocenters. The van der Waals surface area contributed by atoms with Gasteiger partial charge in [-0.1, -0.05) is 49.2 Å². The first-order chi connectivity index (χ1) is 10.3. The molecule has 2 aromatic carbocycles. The molecule has 1 saturated carbocycles. The first-order valence-corrected chi connectivity index (χ1v) is 8.21. The van der Waals surface area contributed by atoms with Crippen LogP contribution in [0.4, 0.5) is 0 Å². The third-order valence-corrected chi connectivity index (χ3v) is 5.52. The molecule has 2 aliphatic rings. The molecule has 0 aromatic heterocycles. The summed E-state index contributed by atoms with van der Waals surface area (Å²) >= 11 is 0. The topological polar surface area (TPSA) is 32.3 Å². The van der Waals surface area contributed by atoms with E-state index in [9.17, 15) is 5.11 Å². The molecule has 21 heavy (non-hydrogen) atoms. The Morgan fingerprint density at radius 1 is 1.00 bits per heavy atom. The molecule has 1 saturated heterocycles. The highest BCUT2D eigenvalue weighted by Gasteiger charge is 2.45. The van der Waals surface area contributed by atoms with E-state index in [1.807, 2.05) is 0 Å². The average molecular weight is 281 g/mol. The van der Waals surface area contributed by atoms with Crippen molar-refractivity contribution in [2.24, 2.45) is 5.92 Å². The normalized spacial score (nSPS) is 32.8. The van der Waals surface area contributed by atoms with Gasteiger partial charge in [0.1, 0.15) is 0 Å². The van der Waals surface area contributed by atoms with Crippen molar-refractivity contribution in [3.05, 3.63) is 48.0 Å². The minimum Gasteiger partial charge on any atom is -0.389 e. The van der Waals surface area contributed by atoms with E-state index in [4.69, 9.17) is 0 Å². The van der Waals surface area contributed by atoms with Crippen molar-refractivity contribution < 1.29 is 5.11 Å². The highest BCUT2D eigenvalue weighted by atomic mass is 16.3. The molecule has 2 aromatic rings. The molecule has 0 radical (unpaired) electrons. The second-order valence-corrected chi connectivity index (χ2v) is 6.74. The molecule has 0 amide bonds. The van der Waals surface area contributed by atoms with Crippen LogP contribution in [0.25, 0.3) is 10.8 Å². The molecule has 2 fully saturated rings. The van der Waals surface area contributed by atoms with Crippen LogP contribution in [0.3, 0.4) is 0 Å². The minimum absolute atomic E-state index is 0.300. The number of fused-ring (bicyclic) bond motifs is 2. The Bertz CT molecular complexity index is 649. The second kappa shape index (κ2) is 5.11. The summed E-state index contributed by atoms with van der Waals surface area (Å²) in [7, 11) is 0. The molecule has 2 N–H and O–H groups in total. The van der Waals surface area contributed by atoms with Crippen molar-refractivity contribution in [1.82, 2.24) is 5.32 Å². The zero-order valence-electron chi connectivity index (χ0n) is 12.4. The monoisotopic (exact) mass is 281 g/mol. The lowest BCUT2D eigenvalue weighted by Gasteiger charge is -2.48. The van der Waals surface area contributed by atoms with Crippen LogP contribution in [0.15, 0.2) is 42.5 Å². The van der Waals surface area contributed by atoms with Crippen LogP contribution < -0.4 is 5.32 Å². The summed E-state index contributed by atoms with van der Waals surface area (Å²) in [5, 5.41) is 17.2. The average Bonchev–Trinajstić information content (AvgIpc) is 2.53. The summed E-state index contributed by atoms with van der Waals surface area (Å²) in [6.07, 6.45) is 5.45. The van der Waals surface area contributed by atoms with Crippen LogP contribution in [0.1, 0.15) is 43.7 Å². The number of aliphatic hydroxyl groups is 1. The van der Waals surface area contributed by atoms with Crippen molar-refractivity contribution in [2.75, 3.05) is 6.54 Å². The SMILES string of the molecule is O[C@]12CCCC[C@@H]1[C@H](c1ccc3ccccc3c1)NCC2. The van der Waals surface area contributed by atoms with Gasteiger partial charge in [0.2, 0.25) is 0 Å². The number of hydrogen-bond acceptors (Lipinski definition) is 2. The summed E-state index contributed by atoms with van der Waals surface area (Å²) in [4.78, 5) is 0. The van der Waals surface area contributed by atoms with Crippen LogP contribution in [0.2, 0.25) is 0 Å². The summed E-state index contributed by atoms with van der Waals surface area (Å²) < 4.78 is 0. The highest BCUT2D eigenvalue weighted by Crippen LogP contribution is 2.45. The van der Waals surface area contributed by atoms with E-state index in [1.54, 1.807) is 0 Å². The Morgan fingerprint density at radius 2 is 1.86 bits per heavy atom. The van der Waals surface area contributed by atoms with E-state index in [0.29, 0.717) is 12.0 Å².